The third-order valence-corrected chi connectivity index (χ3v) is 5.47. The fourth-order valence-electron chi connectivity index (χ4n) is 3.92. The van der Waals surface area contributed by atoms with Crippen molar-refractivity contribution in [1.29, 1.82) is 0 Å². The topological polar surface area (TPSA) is 73.8 Å². The predicted octanol–water partition coefficient (Wildman–Crippen LogP) is 4.70. The molecule has 1 aliphatic carbocycles. The van der Waals surface area contributed by atoms with Crippen molar-refractivity contribution in [1.82, 2.24) is 14.8 Å². The molecule has 1 fully saturated rings. The molecular weight excluding hydrogens is 414 g/mol. The maximum absolute atomic E-state index is 12.9. The van der Waals surface area contributed by atoms with Crippen molar-refractivity contribution in [2.45, 2.75) is 57.4 Å². The lowest BCUT2D eigenvalue weighted by atomic mass is 9.77. The first-order valence-electron chi connectivity index (χ1n) is 9.36. The average molecular weight is 434 g/mol. The van der Waals surface area contributed by atoms with Gasteiger partial charge in [-0.1, -0.05) is 6.07 Å². The number of nitrogens with zero attached hydrogens (tertiary/aromatic N) is 3. The van der Waals surface area contributed by atoms with E-state index < -0.39 is 29.6 Å². The molecule has 0 atom stereocenters. The Labute approximate surface area is 168 Å². The van der Waals surface area contributed by atoms with Gasteiger partial charge in [-0.2, -0.15) is 26.3 Å². The number of hydrogen-bond donors (Lipinski definition) is 1. The van der Waals surface area contributed by atoms with Crippen molar-refractivity contribution in [2.24, 2.45) is 11.7 Å². The van der Waals surface area contributed by atoms with Crippen LogP contribution >= 0.6 is 0 Å². The van der Waals surface area contributed by atoms with Crippen LogP contribution in [0.3, 0.4) is 0 Å². The molecule has 1 aromatic carbocycles. The van der Waals surface area contributed by atoms with E-state index in [9.17, 15) is 31.1 Å². The molecule has 0 bridgehead atoms. The number of primary amides is 1. The van der Waals surface area contributed by atoms with Crippen LogP contribution in [0.4, 0.5) is 26.3 Å². The SMILES string of the molecule is Cc1nc(C(F)(F)F)nn1CC1CCC(c2ccc(C(F)(F)F)cc2C(N)=O)CC1. The van der Waals surface area contributed by atoms with E-state index in [2.05, 4.69) is 10.1 Å². The Balaban J connectivity index is 1.70. The summed E-state index contributed by atoms with van der Waals surface area (Å²) in [6, 6.07) is 3.01. The van der Waals surface area contributed by atoms with E-state index in [4.69, 9.17) is 5.73 Å². The highest BCUT2D eigenvalue weighted by Crippen LogP contribution is 2.39. The summed E-state index contributed by atoms with van der Waals surface area (Å²) in [7, 11) is 0. The number of halogens is 6. The van der Waals surface area contributed by atoms with Gasteiger partial charge in [-0.05, 0) is 62.1 Å². The van der Waals surface area contributed by atoms with Crippen LogP contribution in [0.5, 0.6) is 0 Å². The Morgan fingerprint density at radius 2 is 1.73 bits per heavy atom. The molecule has 1 saturated carbocycles. The maximum Gasteiger partial charge on any atom is 0.453 e. The molecular formula is C19H20F6N4O. The molecule has 2 aromatic rings. The van der Waals surface area contributed by atoms with Crippen molar-refractivity contribution in [2.75, 3.05) is 0 Å². The molecule has 1 heterocycles. The maximum atomic E-state index is 12.9. The monoisotopic (exact) mass is 434 g/mol. The zero-order valence-corrected chi connectivity index (χ0v) is 16.0. The second-order valence-electron chi connectivity index (χ2n) is 7.54. The van der Waals surface area contributed by atoms with E-state index >= 15 is 0 Å². The van der Waals surface area contributed by atoms with Gasteiger partial charge in [0.2, 0.25) is 5.91 Å². The molecule has 0 saturated heterocycles. The highest BCUT2D eigenvalue weighted by atomic mass is 19.4. The fraction of sp³-hybridized carbons (Fsp3) is 0.526. The standard InChI is InChI=1S/C19H20F6N4O/c1-10-27-17(19(23,24)25)28-29(10)9-11-2-4-12(5-3-11)14-7-6-13(18(20,21)22)8-15(14)16(26)30/h6-8,11-12H,2-5,9H2,1H3,(H2,26,30). The Hall–Kier alpha value is -2.59. The largest absolute Gasteiger partial charge is 0.453 e. The van der Waals surface area contributed by atoms with Gasteiger partial charge in [0, 0.05) is 12.1 Å². The number of nitrogens with two attached hydrogens (primary N) is 1. The zero-order chi connectivity index (χ0) is 22.3. The van der Waals surface area contributed by atoms with E-state index in [0.29, 0.717) is 31.2 Å². The van der Waals surface area contributed by atoms with Gasteiger partial charge in [0.1, 0.15) is 5.82 Å². The van der Waals surface area contributed by atoms with Gasteiger partial charge in [-0.3, -0.25) is 4.79 Å². The Bertz CT molecular complexity index is 926. The molecule has 3 rings (SSSR count). The van der Waals surface area contributed by atoms with E-state index in [1.54, 1.807) is 0 Å². The number of aryl methyl sites for hydroxylation is 1. The first kappa shape index (κ1) is 22.1. The van der Waals surface area contributed by atoms with Gasteiger partial charge in [0.05, 0.1) is 5.56 Å². The van der Waals surface area contributed by atoms with Crippen LogP contribution in [0.1, 0.15) is 64.7 Å². The van der Waals surface area contributed by atoms with Crippen LogP contribution in [-0.2, 0) is 18.9 Å². The molecule has 164 valence electrons. The predicted molar refractivity (Wildman–Crippen MR) is 94.4 cm³/mol. The van der Waals surface area contributed by atoms with Gasteiger partial charge in [-0.15, -0.1) is 5.10 Å². The zero-order valence-electron chi connectivity index (χ0n) is 16.0. The van der Waals surface area contributed by atoms with E-state index in [1.807, 2.05) is 0 Å². The number of alkyl halides is 6. The summed E-state index contributed by atoms with van der Waals surface area (Å²) in [4.78, 5) is 15.2. The Morgan fingerprint density at radius 1 is 1.10 bits per heavy atom. The minimum atomic E-state index is -4.61. The van der Waals surface area contributed by atoms with E-state index in [0.717, 1.165) is 12.1 Å². The summed E-state index contributed by atoms with van der Waals surface area (Å²) in [5.41, 5.74) is 4.70. The minimum Gasteiger partial charge on any atom is -0.366 e. The smallest absolute Gasteiger partial charge is 0.366 e. The molecule has 1 amide bonds. The average Bonchev–Trinajstić information content (AvgIpc) is 3.02. The minimum absolute atomic E-state index is 0.0502. The summed E-state index contributed by atoms with van der Waals surface area (Å²) in [5, 5.41) is 3.54. The molecule has 0 aliphatic heterocycles. The van der Waals surface area contributed by atoms with Gasteiger partial charge < -0.3 is 5.73 Å². The molecule has 1 aliphatic rings. The first-order valence-corrected chi connectivity index (χ1v) is 9.36. The van der Waals surface area contributed by atoms with Gasteiger partial charge in [-0.25, -0.2) is 9.67 Å². The van der Waals surface area contributed by atoms with E-state index in [1.165, 1.54) is 17.7 Å². The summed E-state index contributed by atoms with van der Waals surface area (Å²) in [5.74, 6) is -2.02. The highest BCUT2D eigenvalue weighted by Gasteiger charge is 2.37. The number of carbonyl (C=O) groups excluding carboxylic acids is 1. The molecule has 0 radical (unpaired) electrons. The number of carbonyl (C=O) groups is 1. The summed E-state index contributed by atoms with van der Waals surface area (Å²) in [6.07, 6.45) is -6.77. The number of aromatic nitrogens is 3. The third kappa shape index (κ3) is 4.76. The molecule has 0 unspecified atom stereocenters. The van der Waals surface area contributed by atoms with Crippen LogP contribution in [0.15, 0.2) is 18.2 Å². The Morgan fingerprint density at radius 3 is 2.23 bits per heavy atom. The summed E-state index contributed by atoms with van der Waals surface area (Å²) in [6.45, 7) is 1.73. The van der Waals surface area contributed by atoms with Crippen molar-refractivity contribution < 1.29 is 31.1 Å². The number of hydrogen-bond acceptors (Lipinski definition) is 3. The van der Waals surface area contributed by atoms with Crippen molar-refractivity contribution in [3.63, 3.8) is 0 Å². The van der Waals surface area contributed by atoms with Crippen LogP contribution in [0.2, 0.25) is 0 Å². The lowest BCUT2D eigenvalue weighted by molar-refractivity contribution is -0.145. The summed E-state index contributed by atoms with van der Waals surface area (Å²) < 4.78 is 78.3. The highest BCUT2D eigenvalue weighted by molar-refractivity contribution is 5.94. The third-order valence-electron chi connectivity index (χ3n) is 5.47. The second kappa shape index (κ2) is 7.92. The molecule has 0 spiro atoms. The lowest BCUT2D eigenvalue weighted by Gasteiger charge is -2.30. The molecule has 1 aromatic heterocycles. The van der Waals surface area contributed by atoms with Gasteiger partial charge in [0.15, 0.2) is 0 Å². The first-order chi connectivity index (χ1) is 13.9. The van der Waals surface area contributed by atoms with Crippen LogP contribution in [0.25, 0.3) is 0 Å². The second-order valence-corrected chi connectivity index (χ2v) is 7.54. The van der Waals surface area contributed by atoms with Gasteiger partial charge >= 0.3 is 12.4 Å². The number of amides is 1. The molecule has 30 heavy (non-hydrogen) atoms. The van der Waals surface area contributed by atoms with Gasteiger partial charge in [0.25, 0.3) is 5.82 Å². The van der Waals surface area contributed by atoms with Crippen molar-refractivity contribution >= 4 is 5.91 Å². The van der Waals surface area contributed by atoms with E-state index in [-0.39, 0.29) is 29.8 Å². The quantitative estimate of drug-likeness (QED) is 0.709. The van der Waals surface area contributed by atoms with Crippen LogP contribution < -0.4 is 5.73 Å². The lowest BCUT2D eigenvalue weighted by Crippen LogP contribution is -2.22. The normalized spacial score (nSPS) is 20.4. The van der Waals surface area contributed by atoms with Crippen molar-refractivity contribution in [3.8, 4) is 0 Å². The fourth-order valence-corrected chi connectivity index (χ4v) is 3.92. The van der Waals surface area contributed by atoms with Crippen LogP contribution in [0, 0.1) is 12.8 Å². The van der Waals surface area contributed by atoms with Crippen molar-refractivity contribution in [3.05, 3.63) is 46.5 Å². The summed E-state index contributed by atoms with van der Waals surface area (Å²) >= 11 is 0. The molecule has 11 heteroatoms. The van der Waals surface area contributed by atoms with Crippen LogP contribution in [-0.4, -0.2) is 20.7 Å². The molecule has 2 N–H and O–H groups in total. The Kier molecular flexibility index (Phi) is 5.83. The molecule has 5 nitrogen and oxygen atoms in total. The number of benzene rings is 1. The number of rotatable bonds is 4.